The van der Waals surface area contributed by atoms with Gasteiger partial charge >= 0.3 is 0 Å². The van der Waals surface area contributed by atoms with Gasteiger partial charge in [0.05, 0.1) is 29.2 Å². The van der Waals surface area contributed by atoms with E-state index in [4.69, 9.17) is 0 Å². The first kappa shape index (κ1) is 25.8. The lowest BCUT2D eigenvalue weighted by Crippen LogP contribution is -2.36. The normalized spacial score (nSPS) is 12.8. The van der Waals surface area contributed by atoms with Gasteiger partial charge in [-0.1, -0.05) is 66.2 Å². The Hall–Kier alpha value is -4.25. The van der Waals surface area contributed by atoms with E-state index in [1.807, 2.05) is 56.4 Å². The van der Waals surface area contributed by atoms with Gasteiger partial charge in [-0.2, -0.15) is 10.5 Å². The second-order valence-corrected chi connectivity index (χ2v) is 10.2. The molecule has 0 saturated heterocycles. The van der Waals surface area contributed by atoms with Gasteiger partial charge in [0.15, 0.2) is 0 Å². The molecule has 1 N–H and O–H groups in total. The summed E-state index contributed by atoms with van der Waals surface area (Å²) in [6.45, 7) is 6.71. The fourth-order valence-electron chi connectivity index (χ4n) is 4.72. The highest BCUT2D eigenvalue weighted by atomic mass is 14.9. The average molecular weight is 485 g/mol. The van der Waals surface area contributed by atoms with E-state index in [1.165, 1.54) is 11.1 Å². The number of hydrogen-bond acceptors (Lipinski definition) is 4. The molecule has 184 valence electrons. The average Bonchev–Trinajstić information content (AvgIpc) is 2.94. The zero-order valence-corrected chi connectivity index (χ0v) is 21.6. The van der Waals surface area contributed by atoms with E-state index in [0.29, 0.717) is 12.1 Å². The van der Waals surface area contributed by atoms with Crippen molar-refractivity contribution in [2.45, 2.75) is 39.2 Å². The second-order valence-electron chi connectivity index (χ2n) is 10.2. The lowest BCUT2D eigenvalue weighted by atomic mass is 9.80. The first-order chi connectivity index (χ1) is 17.9. The molecular formula is C33H32N4. The summed E-state index contributed by atoms with van der Waals surface area (Å²) in [6.07, 6.45) is 4.46. The summed E-state index contributed by atoms with van der Waals surface area (Å²) in [5, 5.41) is 23.3. The fraction of sp³-hybridized carbons (Fsp3) is 0.242. The van der Waals surface area contributed by atoms with Crippen molar-refractivity contribution in [1.82, 2.24) is 10.3 Å². The molecule has 0 aliphatic carbocycles. The molecule has 1 aromatic heterocycles. The van der Waals surface area contributed by atoms with E-state index in [0.717, 1.165) is 28.7 Å². The Bertz CT molecular complexity index is 1410. The Balaban J connectivity index is 1.66. The van der Waals surface area contributed by atoms with Gasteiger partial charge in [0.25, 0.3) is 0 Å². The Kier molecular flexibility index (Phi) is 8.14. The number of nitrogens with one attached hydrogen (secondary N) is 1. The SMILES string of the molecule is Cc1ccc(CC(CNC(c2cccc(-c3cccnc3)c2)C(C)(C)C#N)c2cccc(C#N)c2)cc1. The number of aryl methyl sites for hydroxylation is 1. The van der Waals surface area contributed by atoms with E-state index in [-0.39, 0.29) is 12.0 Å². The zero-order valence-electron chi connectivity index (χ0n) is 21.6. The second kappa shape index (κ2) is 11.7. The van der Waals surface area contributed by atoms with Crippen LogP contribution in [0.4, 0.5) is 0 Å². The van der Waals surface area contributed by atoms with Crippen LogP contribution in [-0.2, 0) is 6.42 Å². The molecule has 0 bridgehead atoms. The van der Waals surface area contributed by atoms with Crippen LogP contribution in [0.15, 0.2) is 97.3 Å². The highest BCUT2D eigenvalue weighted by Crippen LogP contribution is 2.35. The van der Waals surface area contributed by atoms with Crippen molar-refractivity contribution in [2.75, 3.05) is 6.54 Å². The minimum Gasteiger partial charge on any atom is -0.308 e. The van der Waals surface area contributed by atoms with E-state index >= 15 is 0 Å². The summed E-state index contributed by atoms with van der Waals surface area (Å²) < 4.78 is 0. The quantitative estimate of drug-likeness (QED) is 0.274. The molecule has 1 heterocycles. The molecule has 0 aliphatic heterocycles. The molecule has 2 unspecified atom stereocenters. The van der Waals surface area contributed by atoms with Gasteiger partial charge in [-0.3, -0.25) is 4.98 Å². The van der Waals surface area contributed by atoms with Crippen molar-refractivity contribution < 1.29 is 0 Å². The van der Waals surface area contributed by atoms with E-state index < -0.39 is 5.41 Å². The molecule has 4 rings (SSSR count). The van der Waals surface area contributed by atoms with Gasteiger partial charge < -0.3 is 5.32 Å². The van der Waals surface area contributed by atoms with Crippen LogP contribution in [0.2, 0.25) is 0 Å². The summed E-state index contributed by atoms with van der Waals surface area (Å²) in [5.41, 5.74) is 6.79. The van der Waals surface area contributed by atoms with E-state index in [2.05, 4.69) is 77.9 Å². The molecule has 0 amide bonds. The summed E-state index contributed by atoms with van der Waals surface area (Å²) in [6, 6.07) is 33.4. The summed E-state index contributed by atoms with van der Waals surface area (Å²) >= 11 is 0. The lowest BCUT2D eigenvalue weighted by Gasteiger charge is -2.32. The van der Waals surface area contributed by atoms with Crippen molar-refractivity contribution >= 4 is 0 Å². The van der Waals surface area contributed by atoms with Crippen LogP contribution in [0.3, 0.4) is 0 Å². The fourth-order valence-corrected chi connectivity index (χ4v) is 4.72. The first-order valence-corrected chi connectivity index (χ1v) is 12.6. The molecular weight excluding hydrogens is 452 g/mol. The van der Waals surface area contributed by atoms with Crippen molar-refractivity contribution in [1.29, 1.82) is 10.5 Å². The summed E-state index contributed by atoms with van der Waals surface area (Å²) in [7, 11) is 0. The first-order valence-electron chi connectivity index (χ1n) is 12.6. The monoisotopic (exact) mass is 484 g/mol. The number of benzene rings is 3. The number of pyridine rings is 1. The van der Waals surface area contributed by atoms with E-state index in [1.54, 1.807) is 6.20 Å². The highest BCUT2D eigenvalue weighted by molar-refractivity contribution is 5.63. The standard InChI is InChI=1S/C33H32N4/c1-24-12-14-25(15-13-24)17-31(27-8-4-7-26(18-27)20-34)22-37-32(33(2,3)23-35)29-10-5-9-28(19-29)30-11-6-16-36-21-30/h4-16,18-19,21,31-32,37H,17,22H2,1-3H3. The third-order valence-corrected chi connectivity index (χ3v) is 6.88. The summed E-state index contributed by atoms with van der Waals surface area (Å²) in [5.74, 6) is 0.134. The smallest absolute Gasteiger partial charge is 0.0991 e. The van der Waals surface area contributed by atoms with Gasteiger partial charge in [0.2, 0.25) is 0 Å². The Labute approximate surface area is 220 Å². The van der Waals surface area contributed by atoms with Crippen LogP contribution >= 0.6 is 0 Å². The molecule has 4 aromatic rings. The molecule has 0 fully saturated rings. The Morgan fingerprint density at radius 2 is 1.59 bits per heavy atom. The van der Waals surface area contributed by atoms with Crippen molar-refractivity contribution in [3.8, 4) is 23.3 Å². The lowest BCUT2D eigenvalue weighted by molar-refractivity contribution is 0.317. The molecule has 0 spiro atoms. The van der Waals surface area contributed by atoms with Gasteiger partial charge in [0.1, 0.15) is 0 Å². The van der Waals surface area contributed by atoms with Crippen molar-refractivity contribution in [3.05, 3.63) is 125 Å². The maximum Gasteiger partial charge on any atom is 0.0991 e. The number of rotatable bonds is 9. The third-order valence-electron chi connectivity index (χ3n) is 6.88. The number of hydrogen-bond donors (Lipinski definition) is 1. The molecule has 0 aliphatic rings. The molecule has 0 saturated carbocycles. The molecule has 37 heavy (non-hydrogen) atoms. The van der Waals surface area contributed by atoms with Crippen molar-refractivity contribution in [3.63, 3.8) is 0 Å². The summed E-state index contributed by atoms with van der Waals surface area (Å²) in [4.78, 5) is 4.26. The maximum absolute atomic E-state index is 10.1. The van der Waals surface area contributed by atoms with Gasteiger partial charge in [-0.15, -0.1) is 0 Å². The van der Waals surface area contributed by atoms with Crippen LogP contribution in [-0.4, -0.2) is 11.5 Å². The van der Waals surface area contributed by atoms with Gasteiger partial charge in [0, 0.05) is 24.9 Å². The third kappa shape index (κ3) is 6.50. The molecule has 0 radical (unpaired) electrons. The molecule has 2 atom stereocenters. The number of nitriles is 2. The van der Waals surface area contributed by atoms with Crippen LogP contribution in [0, 0.1) is 35.0 Å². The van der Waals surface area contributed by atoms with Gasteiger partial charge in [-0.05, 0) is 79.3 Å². The van der Waals surface area contributed by atoms with Crippen LogP contribution in [0.1, 0.15) is 53.6 Å². The number of aromatic nitrogens is 1. The largest absolute Gasteiger partial charge is 0.308 e. The minimum atomic E-state index is -0.642. The predicted octanol–water partition coefficient (Wildman–Crippen LogP) is 7.14. The predicted molar refractivity (Wildman–Crippen MR) is 149 cm³/mol. The Morgan fingerprint density at radius 3 is 2.30 bits per heavy atom. The molecule has 4 nitrogen and oxygen atoms in total. The Morgan fingerprint density at radius 1 is 0.865 bits per heavy atom. The highest BCUT2D eigenvalue weighted by Gasteiger charge is 2.31. The van der Waals surface area contributed by atoms with Crippen molar-refractivity contribution in [2.24, 2.45) is 5.41 Å². The maximum atomic E-state index is 10.1. The topological polar surface area (TPSA) is 72.5 Å². The van der Waals surface area contributed by atoms with Crippen LogP contribution < -0.4 is 5.32 Å². The van der Waals surface area contributed by atoms with Gasteiger partial charge in [-0.25, -0.2) is 0 Å². The number of nitrogens with zero attached hydrogens (tertiary/aromatic N) is 3. The van der Waals surface area contributed by atoms with E-state index in [9.17, 15) is 10.5 Å². The van der Waals surface area contributed by atoms with Crippen LogP contribution in [0.5, 0.6) is 0 Å². The zero-order chi connectivity index (χ0) is 26.3. The minimum absolute atomic E-state index is 0.134. The molecule has 3 aromatic carbocycles. The molecule has 4 heteroatoms. The van der Waals surface area contributed by atoms with Crippen LogP contribution in [0.25, 0.3) is 11.1 Å².